The van der Waals surface area contributed by atoms with Gasteiger partial charge in [0.15, 0.2) is 5.78 Å². The molecule has 0 atom stereocenters. The Morgan fingerprint density at radius 1 is 1.44 bits per heavy atom. The highest BCUT2D eigenvalue weighted by molar-refractivity contribution is 9.10. The molecule has 1 aromatic carbocycles. The zero-order valence-electron chi connectivity index (χ0n) is 10.5. The van der Waals surface area contributed by atoms with Crippen LogP contribution in [0, 0.1) is 6.92 Å². The molecule has 0 saturated heterocycles. The van der Waals surface area contributed by atoms with Crippen molar-refractivity contribution in [3.63, 3.8) is 0 Å². The van der Waals surface area contributed by atoms with Crippen LogP contribution in [0.15, 0.2) is 35.1 Å². The van der Waals surface area contributed by atoms with Crippen LogP contribution in [0.3, 0.4) is 0 Å². The molecular weight excluding hydrogens is 292 g/mol. The van der Waals surface area contributed by atoms with Crippen molar-refractivity contribution in [2.24, 2.45) is 0 Å². The summed E-state index contributed by atoms with van der Waals surface area (Å²) in [7, 11) is 0. The molecule has 0 aliphatic rings. The van der Waals surface area contributed by atoms with Crippen LogP contribution in [0.5, 0.6) is 0 Å². The zero-order chi connectivity index (χ0) is 13.1. The number of hydrogen-bond donors (Lipinski definition) is 0. The third-order valence-electron chi connectivity index (χ3n) is 2.94. The summed E-state index contributed by atoms with van der Waals surface area (Å²) in [6.45, 7) is 4.80. The van der Waals surface area contributed by atoms with E-state index < -0.39 is 0 Å². The number of hydrogen-bond acceptors (Lipinski definition) is 2. The lowest BCUT2D eigenvalue weighted by Crippen LogP contribution is -2.05. The summed E-state index contributed by atoms with van der Waals surface area (Å²) in [5.41, 5.74) is 2.72. The fourth-order valence-electron chi connectivity index (χ4n) is 1.86. The first-order valence-corrected chi connectivity index (χ1v) is 6.70. The molecular formula is C14H15BrN2O. The monoisotopic (exact) mass is 306 g/mol. The predicted molar refractivity (Wildman–Crippen MR) is 74.8 cm³/mol. The van der Waals surface area contributed by atoms with Gasteiger partial charge in [0.25, 0.3) is 0 Å². The van der Waals surface area contributed by atoms with Gasteiger partial charge in [-0.2, -0.15) is 5.10 Å². The van der Waals surface area contributed by atoms with E-state index >= 15 is 0 Å². The van der Waals surface area contributed by atoms with Crippen molar-refractivity contribution in [1.82, 2.24) is 9.78 Å². The predicted octanol–water partition coefficient (Wildman–Crippen LogP) is 3.40. The lowest BCUT2D eigenvalue weighted by molar-refractivity contribution is 0.0992. The van der Waals surface area contributed by atoms with Gasteiger partial charge in [-0.05, 0) is 31.0 Å². The molecule has 2 aromatic rings. The summed E-state index contributed by atoms with van der Waals surface area (Å²) in [6.07, 6.45) is 4.08. The Kier molecular flexibility index (Phi) is 3.97. The number of carbonyl (C=O) groups excluding carboxylic acids is 1. The Labute approximate surface area is 115 Å². The number of carbonyl (C=O) groups is 1. The van der Waals surface area contributed by atoms with E-state index in [1.165, 1.54) is 0 Å². The molecule has 1 aromatic heterocycles. The molecule has 0 aliphatic carbocycles. The second kappa shape index (κ2) is 5.48. The van der Waals surface area contributed by atoms with E-state index in [2.05, 4.69) is 21.0 Å². The highest BCUT2D eigenvalue weighted by Gasteiger charge is 2.12. The van der Waals surface area contributed by atoms with E-state index in [0.29, 0.717) is 6.42 Å². The van der Waals surface area contributed by atoms with Gasteiger partial charge in [0.1, 0.15) is 0 Å². The van der Waals surface area contributed by atoms with E-state index in [-0.39, 0.29) is 5.78 Å². The van der Waals surface area contributed by atoms with Crippen LogP contribution in [0.4, 0.5) is 0 Å². The zero-order valence-corrected chi connectivity index (χ0v) is 12.1. The van der Waals surface area contributed by atoms with Crippen LogP contribution < -0.4 is 0 Å². The van der Waals surface area contributed by atoms with Crippen molar-refractivity contribution in [3.8, 4) is 0 Å². The van der Waals surface area contributed by atoms with E-state index in [4.69, 9.17) is 0 Å². The van der Waals surface area contributed by atoms with E-state index in [1.807, 2.05) is 42.9 Å². The molecule has 0 unspecified atom stereocenters. The fraction of sp³-hybridized carbons (Fsp3) is 0.286. The standard InChI is InChI=1S/C14H15BrN2O/c1-3-17-9-11(8-16-17)7-14(18)12-5-4-6-13(15)10(12)2/h4-6,8-9H,3,7H2,1-2H3. The van der Waals surface area contributed by atoms with Crippen molar-refractivity contribution >= 4 is 21.7 Å². The molecule has 0 spiro atoms. The minimum atomic E-state index is 0.129. The maximum absolute atomic E-state index is 12.2. The molecule has 2 rings (SSSR count). The molecule has 18 heavy (non-hydrogen) atoms. The number of Topliss-reactive ketones (excluding diaryl/α,β-unsaturated/α-hetero) is 1. The maximum atomic E-state index is 12.2. The molecule has 4 heteroatoms. The van der Waals surface area contributed by atoms with Gasteiger partial charge >= 0.3 is 0 Å². The second-order valence-electron chi connectivity index (χ2n) is 4.22. The Bertz CT molecular complexity index is 575. The number of nitrogens with zero attached hydrogens (tertiary/aromatic N) is 2. The molecule has 0 N–H and O–H groups in total. The summed E-state index contributed by atoms with van der Waals surface area (Å²) in [4.78, 5) is 12.2. The highest BCUT2D eigenvalue weighted by Crippen LogP contribution is 2.20. The Hall–Kier alpha value is -1.42. The first-order valence-electron chi connectivity index (χ1n) is 5.91. The summed E-state index contributed by atoms with van der Waals surface area (Å²) >= 11 is 3.45. The van der Waals surface area contributed by atoms with Gasteiger partial charge in [-0.3, -0.25) is 9.48 Å². The van der Waals surface area contributed by atoms with Gasteiger partial charge in [0.05, 0.1) is 6.20 Å². The quantitative estimate of drug-likeness (QED) is 0.812. The van der Waals surface area contributed by atoms with Crippen molar-refractivity contribution in [1.29, 1.82) is 0 Å². The molecule has 3 nitrogen and oxygen atoms in total. The summed E-state index contributed by atoms with van der Waals surface area (Å²) in [5, 5.41) is 4.18. The maximum Gasteiger partial charge on any atom is 0.167 e. The summed E-state index contributed by atoms with van der Waals surface area (Å²) in [6, 6.07) is 5.70. The molecule has 0 radical (unpaired) electrons. The number of aryl methyl sites for hydroxylation is 1. The van der Waals surface area contributed by atoms with E-state index in [0.717, 1.165) is 27.7 Å². The van der Waals surface area contributed by atoms with Crippen molar-refractivity contribution in [2.45, 2.75) is 26.8 Å². The van der Waals surface area contributed by atoms with E-state index in [1.54, 1.807) is 6.20 Å². The minimum absolute atomic E-state index is 0.129. The minimum Gasteiger partial charge on any atom is -0.294 e. The number of ketones is 1. The van der Waals surface area contributed by atoms with Crippen LogP contribution in [-0.4, -0.2) is 15.6 Å². The van der Waals surface area contributed by atoms with Gasteiger partial charge in [-0.25, -0.2) is 0 Å². The number of benzene rings is 1. The van der Waals surface area contributed by atoms with Gasteiger partial charge in [0, 0.05) is 29.2 Å². The molecule has 0 aliphatic heterocycles. The van der Waals surface area contributed by atoms with Crippen molar-refractivity contribution < 1.29 is 4.79 Å². The lowest BCUT2D eigenvalue weighted by Gasteiger charge is -2.05. The Morgan fingerprint density at radius 3 is 2.89 bits per heavy atom. The summed E-state index contributed by atoms with van der Waals surface area (Å²) in [5.74, 6) is 0.129. The first-order chi connectivity index (χ1) is 8.61. The molecule has 1 heterocycles. The molecule has 0 amide bonds. The van der Waals surface area contributed by atoms with Crippen LogP contribution in [-0.2, 0) is 13.0 Å². The number of halogens is 1. The number of rotatable bonds is 4. The number of aromatic nitrogens is 2. The first kappa shape index (κ1) is 13.0. The van der Waals surface area contributed by atoms with Crippen molar-refractivity contribution in [3.05, 3.63) is 51.8 Å². The van der Waals surface area contributed by atoms with Crippen molar-refractivity contribution in [2.75, 3.05) is 0 Å². The van der Waals surface area contributed by atoms with Crippen LogP contribution >= 0.6 is 15.9 Å². The highest BCUT2D eigenvalue weighted by atomic mass is 79.9. The van der Waals surface area contributed by atoms with Crippen LogP contribution in [0.25, 0.3) is 0 Å². The SMILES string of the molecule is CCn1cc(CC(=O)c2cccc(Br)c2C)cn1. The lowest BCUT2D eigenvalue weighted by atomic mass is 10.0. The van der Waals surface area contributed by atoms with Gasteiger partial charge in [0.2, 0.25) is 0 Å². The fourth-order valence-corrected chi connectivity index (χ4v) is 2.23. The Balaban J connectivity index is 2.19. The average molecular weight is 307 g/mol. The average Bonchev–Trinajstić information content (AvgIpc) is 2.80. The second-order valence-corrected chi connectivity index (χ2v) is 5.07. The molecule has 0 fully saturated rings. The molecule has 94 valence electrons. The van der Waals surface area contributed by atoms with Gasteiger partial charge in [-0.1, -0.05) is 28.1 Å². The molecule has 0 saturated carbocycles. The Morgan fingerprint density at radius 2 is 2.22 bits per heavy atom. The summed E-state index contributed by atoms with van der Waals surface area (Å²) < 4.78 is 2.80. The topological polar surface area (TPSA) is 34.9 Å². The van der Waals surface area contributed by atoms with E-state index in [9.17, 15) is 4.79 Å². The third kappa shape index (κ3) is 2.70. The normalized spacial score (nSPS) is 10.6. The smallest absolute Gasteiger partial charge is 0.167 e. The van der Waals surface area contributed by atoms with Crippen LogP contribution in [0.2, 0.25) is 0 Å². The third-order valence-corrected chi connectivity index (χ3v) is 3.80. The largest absolute Gasteiger partial charge is 0.294 e. The van der Waals surface area contributed by atoms with Gasteiger partial charge in [-0.15, -0.1) is 0 Å². The van der Waals surface area contributed by atoms with Crippen LogP contribution in [0.1, 0.15) is 28.4 Å². The molecule has 0 bridgehead atoms. The van der Waals surface area contributed by atoms with Gasteiger partial charge < -0.3 is 0 Å².